The van der Waals surface area contributed by atoms with E-state index in [0.717, 1.165) is 31.7 Å². The number of hydrogen-bond acceptors (Lipinski definition) is 3. The molecule has 118 valence electrons. The standard InChI is InChI=1S/C16H24N2O2.ClH/c1-3-9-20-14-6-4-5-13(10-14)16(19)18-8-7-15(17)12(2)11-18;/h4-6,10,12,15H,3,7-9,11,17H2,1-2H3;1H. The normalized spacial score (nSPS) is 21.6. The second-order valence-corrected chi connectivity index (χ2v) is 5.56. The molecule has 1 aliphatic rings. The molecule has 1 aromatic rings. The van der Waals surface area contributed by atoms with Gasteiger partial charge in [-0.25, -0.2) is 0 Å². The van der Waals surface area contributed by atoms with E-state index in [0.29, 0.717) is 18.1 Å². The number of likely N-dealkylation sites (tertiary alicyclic amines) is 1. The monoisotopic (exact) mass is 312 g/mol. The molecule has 2 unspecified atom stereocenters. The lowest BCUT2D eigenvalue weighted by Crippen LogP contribution is -2.48. The number of halogens is 1. The molecule has 5 heteroatoms. The SMILES string of the molecule is CCCOc1cccc(C(=O)N2CCC(N)C(C)C2)c1.Cl. The van der Waals surface area contributed by atoms with Gasteiger partial charge in [0.05, 0.1) is 6.61 Å². The summed E-state index contributed by atoms with van der Waals surface area (Å²) in [6.07, 6.45) is 1.83. The Hall–Kier alpha value is -1.26. The summed E-state index contributed by atoms with van der Waals surface area (Å²) >= 11 is 0. The largest absolute Gasteiger partial charge is 0.494 e. The van der Waals surface area contributed by atoms with Gasteiger partial charge in [0.25, 0.3) is 5.91 Å². The van der Waals surface area contributed by atoms with Crippen LogP contribution in [0.4, 0.5) is 0 Å². The van der Waals surface area contributed by atoms with Gasteiger partial charge in [-0.15, -0.1) is 12.4 Å². The van der Waals surface area contributed by atoms with Gasteiger partial charge in [0.1, 0.15) is 5.75 Å². The van der Waals surface area contributed by atoms with Crippen molar-refractivity contribution in [3.63, 3.8) is 0 Å². The highest BCUT2D eigenvalue weighted by atomic mass is 35.5. The topological polar surface area (TPSA) is 55.6 Å². The number of nitrogens with zero attached hydrogens (tertiary/aromatic N) is 1. The minimum atomic E-state index is 0. The first-order valence-electron chi connectivity index (χ1n) is 7.39. The van der Waals surface area contributed by atoms with Crippen molar-refractivity contribution >= 4 is 18.3 Å². The first-order chi connectivity index (χ1) is 9.61. The van der Waals surface area contributed by atoms with Gasteiger partial charge in [-0.3, -0.25) is 4.79 Å². The number of benzene rings is 1. The summed E-state index contributed by atoms with van der Waals surface area (Å²) in [7, 11) is 0. The zero-order valence-electron chi connectivity index (χ0n) is 12.7. The van der Waals surface area contributed by atoms with Gasteiger partial charge in [-0.2, -0.15) is 0 Å². The van der Waals surface area contributed by atoms with E-state index >= 15 is 0 Å². The number of carbonyl (C=O) groups excluding carboxylic acids is 1. The fourth-order valence-corrected chi connectivity index (χ4v) is 2.47. The molecular formula is C16H25ClN2O2. The second kappa shape index (κ2) is 8.25. The summed E-state index contributed by atoms with van der Waals surface area (Å²) in [5.74, 6) is 1.19. The fourth-order valence-electron chi connectivity index (χ4n) is 2.47. The van der Waals surface area contributed by atoms with Crippen molar-refractivity contribution in [2.75, 3.05) is 19.7 Å². The first kappa shape index (κ1) is 17.8. The summed E-state index contributed by atoms with van der Waals surface area (Å²) in [6, 6.07) is 7.65. The van der Waals surface area contributed by atoms with Gasteiger partial charge in [0.2, 0.25) is 0 Å². The molecule has 21 heavy (non-hydrogen) atoms. The Morgan fingerprint density at radius 3 is 2.90 bits per heavy atom. The third kappa shape index (κ3) is 4.61. The van der Waals surface area contributed by atoms with Gasteiger partial charge >= 0.3 is 0 Å². The van der Waals surface area contributed by atoms with Crippen molar-refractivity contribution in [2.24, 2.45) is 11.7 Å². The molecule has 2 atom stereocenters. The van der Waals surface area contributed by atoms with E-state index < -0.39 is 0 Å². The molecule has 1 saturated heterocycles. The molecule has 2 N–H and O–H groups in total. The quantitative estimate of drug-likeness (QED) is 0.930. The molecule has 1 fully saturated rings. The summed E-state index contributed by atoms with van der Waals surface area (Å²) in [4.78, 5) is 14.4. The van der Waals surface area contributed by atoms with Gasteiger partial charge in [-0.05, 0) is 37.0 Å². The Kier molecular flexibility index (Phi) is 6.99. The van der Waals surface area contributed by atoms with E-state index in [9.17, 15) is 4.79 Å². The van der Waals surface area contributed by atoms with E-state index in [1.807, 2.05) is 29.2 Å². The van der Waals surface area contributed by atoms with Crippen molar-refractivity contribution in [1.29, 1.82) is 0 Å². The highest BCUT2D eigenvalue weighted by Crippen LogP contribution is 2.20. The second-order valence-electron chi connectivity index (χ2n) is 5.56. The molecule has 1 amide bonds. The van der Waals surface area contributed by atoms with Crippen LogP contribution in [0.25, 0.3) is 0 Å². The Bertz CT molecular complexity index is 467. The Morgan fingerprint density at radius 2 is 2.24 bits per heavy atom. The summed E-state index contributed by atoms with van der Waals surface area (Å²) in [5, 5.41) is 0. The van der Waals surface area contributed by atoms with Gasteiger partial charge in [0, 0.05) is 24.7 Å². The lowest BCUT2D eigenvalue weighted by molar-refractivity contribution is 0.0663. The first-order valence-corrected chi connectivity index (χ1v) is 7.39. The lowest BCUT2D eigenvalue weighted by atomic mass is 9.94. The molecule has 0 spiro atoms. The van der Waals surface area contributed by atoms with E-state index in [-0.39, 0.29) is 24.4 Å². The zero-order chi connectivity index (χ0) is 14.5. The van der Waals surface area contributed by atoms with Crippen LogP contribution in [0.2, 0.25) is 0 Å². The van der Waals surface area contributed by atoms with E-state index in [2.05, 4.69) is 13.8 Å². The molecule has 4 nitrogen and oxygen atoms in total. The molecule has 1 aromatic carbocycles. The van der Waals surface area contributed by atoms with Crippen molar-refractivity contribution in [2.45, 2.75) is 32.7 Å². The summed E-state index contributed by atoms with van der Waals surface area (Å²) in [6.45, 7) is 6.32. The van der Waals surface area contributed by atoms with Crippen LogP contribution in [0.3, 0.4) is 0 Å². The number of hydrogen-bond donors (Lipinski definition) is 1. The molecule has 1 heterocycles. The molecule has 0 saturated carbocycles. The van der Waals surface area contributed by atoms with Crippen LogP contribution in [0.5, 0.6) is 5.75 Å². The van der Waals surface area contributed by atoms with Crippen LogP contribution < -0.4 is 10.5 Å². The van der Waals surface area contributed by atoms with E-state index in [4.69, 9.17) is 10.5 Å². The number of amides is 1. The molecule has 2 rings (SSSR count). The van der Waals surface area contributed by atoms with Crippen LogP contribution in [0, 0.1) is 5.92 Å². The number of carbonyl (C=O) groups is 1. The van der Waals surface area contributed by atoms with Crippen molar-refractivity contribution < 1.29 is 9.53 Å². The van der Waals surface area contributed by atoms with Crippen molar-refractivity contribution in [3.05, 3.63) is 29.8 Å². The molecule has 0 radical (unpaired) electrons. The number of nitrogens with two attached hydrogens (primary N) is 1. The average molecular weight is 313 g/mol. The number of piperidine rings is 1. The summed E-state index contributed by atoms with van der Waals surface area (Å²) < 4.78 is 5.58. The highest BCUT2D eigenvalue weighted by molar-refractivity contribution is 5.94. The maximum atomic E-state index is 12.5. The smallest absolute Gasteiger partial charge is 0.253 e. The van der Waals surface area contributed by atoms with Gasteiger partial charge < -0.3 is 15.4 Å². The maximum Gasteiger partial charge on any atom is 0.253 e. The third-order valence-electron chi connectivity index (χ3n) is 3.81. The minimum Gasteiger partial charge on any atom is -0.494 e. The molecular weight excluding hydrogens is 288 g/mol. The summed E-state index contributed by atoms with van der Waals surface area (Å²) in [5.41, 5.74) is 6.70. The predicted molar refractivity (Wildman–Crippen MR) is 87.1 cm³/mol. The van der Waals surface area contributed by atoms with Crippen molar-refractivity contribution in [3.8, 4) is 5.75 Å². The molecule has 0 bridgehead atoms. The number of rotatable bonds is 4. The molecule has 0 aliphatic carbocycles. The molecule has 0 aromatic heterocycles. The van der Waals surface area contributed by atoms with Crippen LogP contribution in [-0.4, -0.2) is 36.5 Å². The highest BCUT2D eigenvalue weighted by Gasteiger charge is 2.26. The zero-order valence-corrected chi connectivity index (χ0v) is 13.6. The third-order valence-corrected chi connectivity index (χ3v) is 3.81. The van der Waals surface area contributed by atoms with E-state index in [1.165, 1.54) is 0 Å². The van der Waals surface area contributed by atoms with Crippen molar-refractivity contribution in [1.82, 2.24) is 4.90 Å². The Morgan fingerprint density at radius 1 is 1.48 bits per heavy atom. The lowest BCUT2D eigenvalue weighted by Gasteiger charge is -2.35. The van der Waals surface area contributed by atoms with Crippen LogP contribution in [0.15, 0.2) is 24.3 Å². The average Bonchev–Trinajstić information content (AvgIpc) is 2.47. The minimum absolute atomic E-state index is 0. The van der Waals surface area contributed by atoms with Gasteiger partial charge in [-0.1, -0.05) is 19.9 Å². The van der Waals surface area contributed by atoms with Gasteiger partial charge in [0.15, 0.2) is 0 Å². The van der Waals surface area contributed by atoms with Crippen LogP contribution in [0.1, 0.15) is 37.0 Å². The maximum absolute atomic E-state index is 12.5. The van der Waals surface area contributed by atoms with E-state index in [1.54, 1.807) is 0 Å². The van der Waals surface area contributed by atoms with Crippen LogP contribution >= 0.6 is 12.4 Å². The fraction of sp³-hybridized carbons (Fsp3) is 0.562. The Balaban J connectivity index is 0.00000220. The Labute approximate surface area is 133 Å². The molecule has 1 aliphatic heterocycles. The number of ether oxygens (including phenoxy) is 1. The predicted octanol–water partition coefficient (Wildman–Crippen LogP) is 2.71. The van der Waals surface area contributed by atoms with Crippen LogP contribution in [-0.2, 0) is 0 Å².